The normalized spacial score (nSPS) is 11.0. The number of carbonyl (C=O) groups excluding carboxylic acids is 1. The maximum Gasteiger partial charge on any atom is 0.243 e. The van der Waals surface area contributed by atoms with Crippen molar-refractivity contribution in [2.24, 2.45) is 4.99 Å². The smallest absolute Gasteiger partial charge is 0.243 e. The molecule has 156 valence electrons. The van der Waals surface area contributed by atoms with Crippen molar-refractivity contribution < 1.29 is 14.3 Å². The number of benzene rings is 2. The van der Waals surface area contributed by atoms with Gasteiger partial charge in [-0.25, -0.2) is 4.99 Å². The summed E-state index contributed by atoms with van der Waals surface area (Å²) < 4.78 is 11.0. The van der Waals surface area contributed by atoms with E-state index in [-0.39, 0.29) is 12.5 Å². The van der Waals surface area contributed by atoms with Crippen LogP contribution in [-0.4, -0.2) is 57.7 Å². The van der Waals surface area contributed by atoms with Crippen LogP contribution in [0.2, 0.25) is 0 Å². The molecule has 7 nitrogen and oxygen atoms in total. The van der Waals surface area contributed by atoms with Gasteiger partial charge in [0, 0.05) is 32.4 Å². The summed E-state index contributed by atoms with van der Waals surface area (Å²) in [6, 6.07) is 15.8. The molecule has 0 unspecified atom stereocenters. The molecular formula is C22H30N4O3. The Morgan fingerprint density at radius 3 is 2.52 bits per heavy atom. The Bertz CT molecular complexity index is 807. The van der Waals surface area contributed by atoms with Crippen molar-refractivity contribution in [1.82, 2.24) is 10.2 Å². The van der Waals surface area contributed by atoms with E-state index in [1.807, 2.05) is 43.3 Å². The zero-order valence-electron chi connectivity index (χ0n) is 17.6. The first-order chi connectivity index (χ1) is 14.0. The maximum atomic E-state index is 11.9. The second-order valence-corrected chi connectivity index (χ2v) is 6.54. The number of nitrogens with zero attached hydrogens (tertiary/aromatic N) is 2. The van der Waals surface area contributed by atoms with E-state index in [0.717, 1.165) is 12.1 Å². The van der Waals surface area contributed by atoms with E-state index in [9.17, 15) is 4.79 Å². The number of guanidine groups is 1. The number of methoxy groups -OCH3 is 1. The van der Waals surface area contributed by atoms with Crippen molar-refractivity contribution in [3.8, 4) is 11.5 Å². The molecule has 29 heavy (non-hydrogen) atoms. The summed E-state index contributed by atoms with van der Waals surface area (Å²) in [5.41, 5.74) is 2.01. The average molecular weight is 399 g/mol. The number of aliphatic imine (C=N–C) groups is 1. The number of nitrogens with one attached hydrogen (secondary N) is 2. The first-order valence-corrected chi connectivity index (χ1v) is 9.63. The Labute approximate surface area is 172 Å². The van der Waals surface area contributed by atoms with E-state index in [0.29, 0.717) is 30.6 Å². The molecule has 0 aliphatic rings. The van der Waals surface area contributed by atoms with Crippen LogP contribution in [-0.2, 0) is 11.2 Å². The minimum Gasteiger partial charge on any atom is -0.493 e. The van der Waals surface area contributed by atoms with Crippen LogP contribution in [0.25, 0.3) is 0 Å². The lowest BCUT2D eigenvalue weighted by molar-refractivity contribution is -0.127. The van der Waals surface area contributed by atoms with Crippen LogP contribution in [0.3, 0.4) is 0 Å². The minimum atomic E-state index is -0.0709. The van der Waals surface area contributed by atoms with Crippen LogP contribution < -0.4 is 20.1 Å². The molecule has 2 rings (SSSR count). The fourth-order valence-corrected chi connectivity index (χ4v) is 2.55. The number of anilines is 1. The fourth-order valence-electron chi connectivity index (χ4n) is 2.55. The third-order valence-corrected chi connectivity index (χ3v) is 4.15. The molecule has 1 amide bonds. The van der Waals surface area contributed by atoms with Crippen LogP contribution in [0.15, 0.2) is 53.5 Å². The third-order valence-electron chi connectivity index (χ3n) is 4.15. The minimum absolute atomic E-state index is 0.0574. The van der Waals surface area contributed by atoms with Crippen molar-refractivity contribution in [3.05, 3.63) is 54.1 Å². The Kier molecular flexibility index (Phi) is 8.82. The highest BCUT2D eigenvalue weighted by atomic mass is 16.5. The lowest BCUT2D eigenvalue weighted by atomic mass is 10.1. The van der Waals surface area contributed by atoms with Gasteiger partial charge in [-0.05, 0) is 31.0 Å². The van der Waals surface area contributed by atoms with Gasteiger partial charge in [0.25, 0.3) is 0 Å². The standard InChI is InChI=1S/C22H30N4O3/c1-5-29-19-12-11-18(15-20(19)28-4)25-22(24-16-21(27)26(2)3)23-14-13-17-9-7-6-8-10-17/h6-12,15H,5,13-14,16H2,1-4H3,(H2,23,24,25). The van der Waals surface area contributed by atoms with E-state index in [1.165, 1.54) is 10.5 Å². The predicted octanol–water partition coefficient (Wildman–Crippen LogP) is 2.78. The molecule has 0 atom stereocenters. The predicted molar refractivity (Wildman–Crippen MR) is 117 cm³/mol. The highest BCUT2D eigenvalue weighted by Gasteiger charge is 2.09. The van der Waals surface area contributed by atoms with Crippen LogP contribution in [0.1, 0.15) is 12.5 Å². The van der Waals surface area contributed by atoms with Gasteiger partial charge in [0.1, 0.15) is 6.54 Å². The van der Waals surface area contributed by atoms with Gasteiger partial charge >= 0.3 is 0 Å². The molecule has 0 aliphatic carbocycles. The molecule has 0 saturated heterocycles. The molecule has 2 aromatic rings. The molecule has 0 bridgehead atoms. The lowest BCUT2D eigenvalue weighted by Gasteiger charge is -2.16. The molecule has 0 spiro atoms. The monoisotopic (exact) mass is 398 g/mol. The molecule has 0 saturated carbocycles. The number of amides is 1. The van der Waals surface area contributed by atoms with Crippen LogP contribution in [0.5, 0.6) is 11.5 Å². The molecule has 0 heterocycles. The summed E-state index contributed by atoms with van der Waals surface area (Å²) in [6.45, 7) is 3.22. The average Bonchev–Trinajstić information content (AvgIpc) is 2.73. The number of carbonyl (C=O) groups is 1. The third kappa shape index (κ3) is 7.37. The number of hydrogen-bond donors (Lipinski definition) is 2. The van der Waals surface area contributed by atoms with Crippen molar-refractivity contribution >= 4 is 17.6 Å². The van der Waals surface area contributed by atoms with E-state index >= 15 is 0 Å². The highest BCUT2D eigenvalue weighted by Crippen LogP contribution is 2.30. The number of likely N-dealkylation sites (N-methyl/N-ethyl adjacent to an activating group) is 1. The summed E-state index contributed by atoms with van der Waals surface area (Å²) in [7, 11) is 5.03. The number of ether oxygens (including phenoxy) is 2. The Morgan fingerprint density at radius 2 is 1.86 bits per heavy atom. The zero-order chi connectivity index (χ0) is 21.1. The van der Waals surface area contributed by atoms with E-state index < -0.39 is 0 Å². The maximum absolute atomic E-state index is 11.9. The van der Waals surface area contributed by atoms with Gasteiger partial charge in [0.05, 0.1) is 13.7 Å². The zero-order valence-corrected chi connectivity index (χ0v) is 17.6. The summed E-state index contributed by atoms with van der Waals surface area (Å²) in [5, 5.41) is 6.52. The molecule has 7 heteroatoms. The molecule has 0 aromatic heterocycles. The lowest BCUT2D eigenvalue weighted by Crippen LogP contribution is -2.34. The molecule has 2 N–H and O–H groups in total. The fraction of sp³-hybridized carbons (Fsp3) is 0.364. The quantitative estimate of drug-likeness (QED) is 0.502. The van der Waals surface area contributed by atoms with Gasteiger partial charge in [-0.15, -0.1) is 0 Å². The summed E-state index contributed by atoms with van der Waals surface area (Å²) in [5.74, 6) is 1.77. The summed E-state index contributed by atoms with van der Waals surface area (Å²) in [6.07, 6.45) is 0.843. The van der Waals surface area contributed by atoms with Gasteiger partial charge in [-0.2, -0.15) is 0 Å². The van der Waals surface area contributed by atoms with Gasteiger partial charge in [0.2, 0.25) is 5.91 Å². The Morgan fingerprint density at radius 1 is 1.10 bits per heavy atom. The second-order valence-electron chi connectivity index (χ2n) is 6.54. The molecule has 0 radical (unpaired) electrons. The van der Waals surface area contributed by atoms with Gasteiger partial charge in [-0.3, -0.25) is 4.79 Å². The van der Waals surface area contributed by atoms with Crippen LogP contribution in [0.4, 0.5) is 5.69 Å². The Balaban J connectivity index is 2.09. The van der Waals surface area contributed by atoms with Crippen molar-refractivity contribution in [2.45, 2.75) is 13.3 Å². The van der Waals surface area contributed by atoms with Crippen molar-refractivity contribution in [3.63, 3.8) is 0 Å². The van der Waals surface area contributed by atoms with Gasteiger partial charge in [-0.1, -0.05) is 30.3 Å². The summed E-state index contributed by atoms with van der Waals surface area (Å²) in [4.78, 5) is 17.9. The molecule has 0 aliphatic heterocycles. The van der Waals surface area contributed by atoms with E-state index in [2.05, 4.69) is 27.8 Å². The molecule has 0 fully saturated rings. The SMILES string of the molecule is CCOc1ccc(NC(=NCC(=O)N(C)C)NCCc2ccccc2)cc1OC. The van der Waals surface area contributed by atoms with Crippen LogP contribution >= 0.6 is 0 Å². The Hall–Kier alpha value is -3.22. The highest BCUT2D eigenvalue weighted by molar-refractivity contribution is 5.95. The number of hydrogen-bond acceptors (Lipinski definition) is 4. The molecule has 2 aromatic carbocycles. The second kappa shape index (κ2) is 11.6. The first-order valence-electron chi connectivity index (χ1n) is 9.63. The van der Waals surface area contributed by atoms with Crippen molar-refractivity contribution in [2.75, 3.05) is 46.2 Å². The molecular weight excluding hydrogens is 368 g/mol. The van der Waals surface area contributed by atoms with Crippen LogP contribution in [0, 0.1) is 0 Å². The van der Waals surface area contributed by atoms with Gasteiger partial charge < -0.3 is 25.0 Å². The summed E-state index contributed by atoms with van der Waals surface area (Å²) >= 11 is 0. The van der Waals surface area contributed by atoms with E-state index in [1.54, 1.807) is 21.2 Å². The van der Waals surface area contributed by atoms with Crippen molar-refractivity contribution in [1.29, 1.82) is 0 Å². The largest absolute Gasteiger partial charge is 0.493 e. The van der Waals surface area contributed by atoms with E-state index in [4.69, 9.17) is 9.47 Å². The first kappa shape index (κ1) is 22.1. The topological polar surface area (TPSA) is 75.2 Å². The van der Waals surface area contributed by atoms with Gasteiger partial charge in [0.15, 0.2) is 17.5 Å². The number of rotatable bonds is 9.